The smallest absolute Gasteiger partial charge is 0.274 e. The fraction of sp³-hybridized carbons (Fsp3) is 0.200. The normalized spacial score (nSPS) is 16.8. The fourth-order valence-electron chi connectivity index (χ4n) is 3.21. The summed E-state index contributed by atoms with van der Waals surface area (Å²) in [4.78, 5) is 14.5. The third-order valence-electron chi connectivity index (χ3n) is 4.58. The molecule has 6 heteroatoms. The molecule has 0 unspecified atom stereocenters. The summed E-state index contributed by atoms with van der Waals surface area (Å²) in [6.45, 7) is 1.19. The first-order valence-electron chi connectivity index (χ1n) is 8.58. The molecule has 1 atom stereocenters. The van der Waals surface area contributed by atoms with Gasteiger partial charge < -0.3 is 10.6 Å². The molecule has 2 aromatic carbocycles. The van der Waals surface area contributed by atoms with Gasteiger partial charge in [-0.3, -0.25) is 4.79 Å². The molecule has 4 rings (SSSR count). The third-order valence-corrected chi connectivity index (χ3v) is 4.58. The maximum atomic E-state index is 13.3. The van der Waals surface area contributed by atoms with Crippen LogP contribution in [-0.2, 0) is 0 Å². The molecule has 0 bridgehead atoms. The number of carbonyl (C=O) groups excluding carboxylic acids is 1. The van der Waals surface area contributed by atoms with E-state index in [0.29, 0.717) is 18.8 Å². The van der Waals surface area contributed by atoms with E-state index in [1.807, 2.05) is 30.3 Å². The van der Waals surface area contributed by atoms with Gasteiger partial charge in [0.1, 0.15) is 5.82 Å². The monoisotopic (exact) mass is 350 g/mol. The molecule has 0 saturated carbocycles. The molecule has 1 amide bonds. The first-order valence-corrected chi connectivity index (χ1v) is 8.58. The average Bonchev–Trinajstić information content (AvgIpc) is 3.29. The number of halogens is 1. The highest BCUT2D eigenvalue weighted by Crippen LogP contribution is 2.25. The quantitative estimate of drug-likeness (QED) is 0.790. The van der Waals surface area contributed by atoms with E-state index in [1.54, 1.807) is 27.8 Å². The zero-order chi connectivity index (χ0) is 18.1. The summed E-state index contributed by atoms with van der Waals surface area (Å²) in [5.74, 6) is -0.433. The zero-order valence-corrected chi connectivity index (χ0v) is 14.2. The van der Waals surface area contributed by atoms with Crippen LogP contribution in [0, 0.1) is 5.82 Å². The molecule has 1 aliphatic rings. The lowest BCUT2D eigenvalue weighted by Gasteiger charge is -2.13. The molecule has 1 fully saturated rings. The molecule has 2 N–H and O–H groups in total. The summed E-state index contributed by atoms with van der Waals surface area (Å²) >= 11 is 0. The minimum atomic E-state index is -0.304. The first-order chi connectivity index (χ1) is 12.6. The minimum absolute atomic E-state index is 0.0201. The number of benzene rings is 2. The van der Waals surface area contributed by atoms with Gasteiger partial charge in [0.15, 0.2) is 5.69 Å². The predicted octanol–water partition coefficient (Wildman–Crippen LogP) is 2.85. The lowest BCUT2D eigenvalue weighted by molar-refractivity contribution is 0.0784. The van der Waals surface area contributed by atoms with Gasteiger partial charge in [-0.15, -0.1) is 0 Å². The molecule has 1 aliphatic heterocycles. The van der Waals surface area contributed by atoms with Gasteiger partial charge in [-0.1, -0.05) is 18.2 Å². The summed E-state index contributed by atoms with van der Waals surface area (Å²) in [5.41, 5.74) is 8.65. The first kappa shape index (κ1) is 16.5. The highest BCUT2D eigenvalue weighted by atomic mass is 19.1. The molecule has 0 radical (unpaired) electrons. The Bertz CT molecular complexity index is 921. The lowest BCUT2D eigenvalue weighted by atomic mass is 10.1. The largest absolute Gasteiger partial charge is 0.336 e. The third kappa shape index (κ3) is 3.11. The number of amides is 1. The number of nitrogens with zero attached hydrogens (tertiary/aromatic N) is 3. The van der Waals surface area contributed by atoms with Crippen molar-refractivity contribution >= 4 is 5.91 Å². The molecule has 5 nitrogen and oxygen atoms in total. The molecule has 1 saturated heterocycles. The van der Waals surface area contributed by atoms with Crippen molar-refractivity contribution in [1.82, 2.24) is 14.7 Å². The van der Waals surface area contributed by atoms with E-state index < -0.39 is 0 Å². The van der Waals surface area contributed by atoms with Gasteiger partial charge in [0, 0.05) is 24.7 Å². The maximum absolute atomic E-state index is 13.3. The molecule has 1 aromatic heterocycles. The van der Waals surface area contributed by atoms with Gasteiger partial charge in [-0.2, -0.15) is 5.10 Å². The van der Waals surface area contributed by atoms with Crippen LogP contribution in [0.4, 0.5) is 4.39 Å². The Kier molecular flexibility index (Phi) is 4.26. The predicted molar refractivity (Wildman–Crippen MR) is 97.5 cm³/mol. The van der Waals surface area contributed by atoms with Gasteiger partial charge in [-0.25, -0.2) is 9.07 Å². The van der Waals surface area contributed by atoms with E-state index in [9.17, 15) is 9.18 Å². The van der Waals surface area contributed by atoms with Crippen LogP contribution in [0.25, 0.3) is 16.9 Å². The number of carbonyl (C=O) groups is 1. The van der Waals surface area contributed by atoms with Crippen molar-refractivity contribution in [3.8, 4) is 16.9 Å². The van der Waals surface area contributed by atoms with Crippen LogP contribution in [0.2, 0.25) is 0 Å². The van der Waals surface area contributed by atoms with Crippen LogP contribution in [0.5, 0.6) is 0 Å². The molecule has 0 aliphatic carbocycles. The Labute approximate surface area is 150 Å². The number of aromatic nitrogens is 2. The van der Waals surface area contributed by atoms with Crippen LogP contribution in [-0.4, -0.2) is 39.7 Å². The van der Waals surface area contributed by atoms with Gasteiger partial charge in [0.25, 0.3) is 5.91 Å². The van der Waals surface area contributed by atoms with E-state index in [1.165, 1.54) is 12.1 Å². The summed E-state index contributed by atoms with van der Waals surface area (Å²) in [5, 5.41) is 4.54. The second kappa shape index (κ2) is 6.72. The standard InChI is InChI=1S/C20H19FN4O/c21-15-8-6-14(7-9-15)19-12-18(20(26)24-11-10-16(22)13-24)23-25(19)17-4-2-1-3-5-17/h1-9,12,16H,10-11,13,22H2/t16-/m0/s1. The van der Waals surface area contributed by atoms with E-state index in [-0.39, 0.29) is 17.8 Å². The molecule has 3 aromatic rings. The fourth-order valence-corrected chi connectivity index (χ4v) is 3.21. The van der Waals surface area contributed by atoms with Crippen LogP contribution < -0.4 is 5.73 Å². The Morgan fingerprint density at radius 2 is 1.85 bits per heavy atom. The number of likely N-dealkylation sites (tertiary alicyclic amines) is 1. The molecular weight excluding hydrogens is 331 g/mol. The van der Waals surface area contributed by atoms with Crippen molar-refractivity contribution in [1.29, 1.82) is 0 Å². The van der Waals surface area contributed by atoms with Crippen LogP contribution in [0.3, 0.4) is 0 Å². The molecular formula is C20H19FN4O. The lowest BCUT2D eigenvalue weighted by Crippen LogP contribution is -2.32. The molecule has 0 spiro atoms. The van der Waals surface area contributed by atoms with E-state index in [0.717, 1.165) is 23.4 Å². The van der Waals surface area contributed by atoms with Crippen molar-refractivity contribution in [3.05, 3.63) is 72.2 Å². The molecule has 132 valence electrons. The van der Waals surface area contributed by atoms with Gasteiger partial charge in [0.2, 0.25) is 0 Å². The maximum Gasteiger partial charge on any atom is 0.274 e. The van der Waals surface area contributed by atoms with E-state index in [2.05, 4.69) is 5.10 Å². The number of para-hydroxylation sites is 1. The molecule has 26 heavy (non-hydrogen) atoms. The summed E-state index contributed by atoms with van der Waals surface area (Å²) in [6, 6.07) is 17.5. The number of nitrogens with two attached hydrogens (primary N) is 1. The van der Waals surface area contributed by atoms with Crippen LogP contribution in [0.1, 0.15) is 16.9 Å². The highest BCUT2D eigenvalue weighted by molar-refractivity contribution is 5.94. The summed E-state index contributed by atoms with van der Waals surface area (Å²) in [6.07, 6.45) is 0.802. The Balaban J connectivity index is 1.77. The Hall–Kier alpha value is -2.99. The number of hydrogen-bond acceptors (Lipinski definition) is 3. The zero-order valence-electron chi connectivity index (χ0n) is 14.2. The van der Waals surface area contributed by atoms with Crippen molar-refractivity contribution in [3.63, 3.8) is 0 Å². The minimum Gasteiger partial charge on any atom is -0.336 e. The second-order valence-electron chi connectivity index (χ2n) is 6.47. The van der Waals surface area contributed by atoms with Crippen LogP contribution in [0.15, 0.2) is 60.7 Å². The van der Waals surface area contributed by atoms with Crippen LogP contribution >= 0.6 is 0 Å². The van der Waals surface area contributed by atoms with Crippen molar-refractivity contribution in [2.24, 2.45) is 5.73 Å². The van der Waals surface area contributed by atoms with Crippen molar-refractivity contribution < 1.29 is 9.18 Å². The van der Waals surface area contributed by atoms with E-state index >= 15 is 0 Å². The number of rotatable bonds is 3. The second-order valence-corrected chi connectivity index (χ2v) is 6.47. The van der Waals surface area contributed by atoms with Crippen molar-refractivity contribution in [2.75, 3.05) is 13.1 Å². The summed E-state index contributed by atoms with van der Waals surface area (Å²) < 4.78 is 15.0. The van der Waals surface area contributed by atoms with Gasteiger partial charge in [0.05, 0.1) is 11.4 Å². The SMILES string of the molecule is N[C@H]1CCN(C(=O)c2cc(-c3ccc(F)cc3)n(-c3ccccc3)n2)C1. The topological polar surface area (TPSA) is 64.2 Å². The van der Waals surface area contributed by atoms with Gasteiger partial charge in [-0.05, 0) is 48.9 Å². The van der Waals surface area contributed by atoms with Crippen molar-refractivity contribution in [2.45, 2.75) is 12.5 Å². The molecule has 2 heterocycles. The summed E-state index contributed by atoms with van der Waals surface area (Å²) in [7, 11) is 0. The highest BCUT2D eigenvalue weighted by Gasteiger charge is 2.27. The Morgan fingerprint density at radius 3 is 2.50 bits per heavy atom. The van der Waals surface area contributed by atoms with Gasteiger partial charge >= 0.3 is 0 Å². The number of hydrogen-bond donors (Lipinski definition) is 1. The average molecular weight is 350 g/mol. The Morgan fingerprint density at radius 1 is 1.12 bits per heavy atom. The van der Waals surface area contributed by atoms with E-state index in [4.69, 9.17) is 5.73 Å².